The Morgan fingerprint density at radius 3 is 2.71 bits per heavy atom. The number of ether oxygens (including phenoxy) is 2. The van der Waals surface area contributed by atoms with Crippen molar-refractivity contribution >= 4 is 23.2 Å². The molecule has 126 valence electrons. The summed E-state index contributed by atoms with van der Waals surface area (Å²) in [6.45, 7) is 3.26. The molecule has 5 heteroatoms. The molecule has 0 fully saturated rings. The highest BCUT2D eigenvalue weighted by atomic mass is 35.5. The molecule has 4 nitrogen and oxygen atoms in total. The Hall–Kier alpha value is -2.20. The van der Waals surface area contributed by atoms with Crippen LogP contribution < -0.4 is 14.8 Å². The molecule has 0 atom stereocenters. The van der Waals surface area contributed by atoms with E-state index in [0.29, 0.717) is 31.1 Å². The van der Waals surface area contributed by atoms with Crippen molar-refractivity contribution in [3.63, 3.8) is 0 Å². The first-order valence-corrected chi connectivity index (χ1v) is 8.44. The van der Waals surface area contributed by atoms with E-state index in [-0.39, 0.29) is 5.91 Å². The third-order valence-electron chi connectivity index (χ3n) is 3.92. The quantitative estimate of drug-likeness (QED) is 0.894. The highest BCUT2D eigenvalue weighted by Crippen LogP contribution is 2.30. The SMILES string of the molecule is Cc1cc(Cl)ccc1NC(=O)CCc1ccc2c(c1)OCCCO2. The zero-order valence-electron chi connectivity index (χ0n) is 13.6. The third kappa shape index (κ3) is 4.20. The van der Waals surface area contributed by atoms with Gasteiger partial charge >= 0.3 is 0 Å². The predicted molar refractivity (Wildman–Crippen MR) is 95.2 cm³/mol. The van der Waals surface area contributed by atoms with E-state index in [4.69, 9.17) is 21.1 Å². The summed E-state index contributed by atoms with van der Waals surface area (Å²) in [6.07, 6.45) is 1.93. The fourth-order valence-corrected chi connectivity index (χ4v) is 2.83. The van der Waals surface area contributed by atoms with Crippen LogP contribution in [0.1, 0.15) is 24.0 Å². The second-order valence-electron chi connectivity index (χ2n) is 5.84. The van der Waals surface area contributed by atoms with Gasteiger partial charge in [-0.05, 0) is 54.8 Å². The zero-order chi connectivity index (χ0) is 16.9. The van der Waals surface area contributed by atoms with Crippen LogP contribution in [-0.2, 0) is 11.2 Å². The summed E-state index contributed by atoms with van der Waals surface area (Å²) in [5.74, 6) is 1.52. The van der Waals surface area contributed by atoms with Crippen molar-refractivity contribution in [3.05, 3.63) is 52.5 Å². The maximum Gasteiger partial charge on any atom is 0.224 e. The number of fused-ring (bicyclic) bond motifs is 1. The number of carbonyl (C=O) groups is 1. The number of amides is 1. The second-order valence-corrected chi connectivity index (χ2v) is 6.28. The first-order chi connectivity index (χ1) is 11.6. The van der Waals surface area contributed by atoms with Crippen molar-refractivity contribution in [1.29, 1.82) is 0 Å². The monoisotopic (exact) mass is 345 g/mol. The molecule has 0 radical (unpaired) electrons. The van der Waals surface area contributed by atoms with Crippen LogP contribution in [0, 0.1) is 6.92 Å². The molecule has 2 aromatic carbocycles. The highest BCUT2D eigenvalue weighted by Gasteiger charge is 2.12. The van der Waals surface area contributed by atoms with Gasteiger partial charge in [-0.2, -0.15) is 0 Å². The lowest BCUT2D eigenvalue weighted by atomic mass is 10.1. The molecule has 2 aromatic rings. The van der Waals surface area contributed by atoms with Gasteiger partial charge in [0.15, 0.2) is 11.5 Å². The van der Waals surface area contributed by atoms with Crippen molar-refractivity contribution < 1.29 is 14.3 Å². The third-order valence-corrected chi connectivity index (χ3v) is 4.15. The van der Waals surface area contributed by atoms with Gasteiger partial charge in [-0.15, -0.1) is 0 Å². The van der Waals surface area contributed by atoms with Gasteiger partial charge in [0.1, 0.15) is 0 Å². The molecule has 0 aliphatic carbocycles. The molecule has 0 saturated carbocycles. The minimum atomic E-state index is -0.0208. The summed E-state index contributed by atoms with van der Waals surface area (Å²) < 4.78 is 11.3. The summed E-state index contributed by atoms with van der Waals surface area (Å²) in [7, 11) is 0. The topological polar surface area (TPSA) is 47.6 Å². The van der Waals surface area contributed by atoms with Gasteiger partial charge in [0, 0.05) is 23.6 Å². The van der Waals surface area contributed by atoms with Crippen LogP contribution in [0.5, 0.6) is 11.5 Å². The number of carbonyl (C=O) groups excluding carboxylic acids is 1. The fraction of sp³-hybridized carbons (Fsp3) is 0.316. The van der Waals surface area contributed by atoms with Crippen LogP contribution in [0.4, 0.5) is 5.69 Å². The van der Waals surface area contributed by atoms with Gasteiger partial charge < -0.3 is 14.8 Å². The van der Waals surface area contributed by atoms with Crippen LogP contribution in [0.15, 0.2) is 36.4 Å². The van der Waals surface area contributed by atoms with E-state index < -0.39 is 0 Å². The lowest BCUT2D eigenvalue weighted by Gasteiger charge is -2.10. The number of aryl methyl sites for hydroxylation is 2. The molecule has 3 rings (SSSR count). The van der Waals surface area contributed by atoms with E-state index >= 15 is 0 Å². The number of rotatable bonds is 4. The van der Waals surface area contributed by atoms with Crippen LogP contribution in [0.2, 0.25) is 5.02 Å². The van der Waals surface area contributed by atoms with E-state index in [1.807, 2.05) is 37.3 Å². The summed E-state index contributed by atoms with van der Waals surface area (Å²) >= 11 is 5.93. The standard InChI is InChI=1S/C19H20ClNO3/c1-13-11-15(20)5-6-16(13)21-19(22)8-4-14-3-7-17-18(12-14)24-10-2-9-23-17/h3,5-7,11-12H,2,4,8-10H2,1H3,(H,21,22). The van der Waals surface area contributed by atoms with Crippen molar-refractivity contribution in [1.82, 2.24) is 0 Å². The molecular weight excluding hydrogens is 326 g/mol. The van der Waals surface area contributed by atoms with E-state index in [9.17, 15) is 4.79 Å². The van der Waals surface area contributed by atoms with Gasteiger partial charge in [-0.3, -0.25) is 4.79 Å². The summed E-state index contributed by atoms with van der Waals surface area (Å²) in [6, 6.07) is 11.3. The second kappa shape index (κ2) is 7.58. The smallest absolute Gasteiger partial charge is 0.224 e. The maximum absolute atomic E-state index is 12.2. The number of benzene rings is 2. The molecule has 1 aliphatic rings. The van der Waals surface area contributed by atoms with Crippen molar-refractivity contribution in [2.45, 2.75) is 26.2 Å². The Morgan fingerprint density at radius 2 is 1.92 bits per heavy atom. The molecule has 1 amide bonds. The molecule has 1 aliphatic heterocycles. The molecule has 0 spiro atoms. The van der Waals surface area contributed by atoms with Crippen molar-refractivity contribution in [2.24, 2.45) is 0 Å². The van der Waals surface area contributed by atoms with Gasteiger partial charge in [-0.1, -0.05) is 17.7 Å². The van der Waals surface area contributed by atoms with Crippen LogP contribution in [-0.4, -0.2) is 19.1 Å². The summed E-state index contributed by atoms with van der Waals surface area (Å²) in [5.41, 5.74) is 2.80. The average Bonchev–Trinajstić information content (AvgIpc) is 2.80. The molecule has 0 unspecified atom stereocenters. The Kier molecular flexibility index (Phi) is 5.26. The molecule has 0 saturated heterocycles. The Morgan fingerprint density at radius 1 is 1.12 bits per heavy atom. The van der Waals surface area contributed by atoms with Crippen LogP contribution in [0.3, 0.4) is 0 Å². The predicted octanol–water partition coefficient (Wildman–Crippen LogP) is 4.38. The normalized spacial score (nSPS) is 13.2. The van der Waals surface area contributed by atoms with E-state index in [2.05, 4.69) is 5.32 Å². The Balaban J connectivity index is 1.59. The summed E-state index contributed by atoms with van der Waals surface area (Å²) in [5, 5.41) is 3.59. The van der Waals surface area contributed by atoms with E-state index in [1.165, 1.54) is 0 Å². The number of anilines is 1. The fourth-order valence-electron chi connectivity index (χ4n) is 2.60. The molecule has 0 bridgehead atoms. The first kappa shape index (κ1) is 16.7. The number of nitrogens with one attached hydrogen (secondary N) is 1. The van der Waals surface area contributed by atoms with Gasteiger partial charge in [0.25, 0.3) is 0 Å². The molecule has 24 heavy (non-hydrogen) atoms. The molecule has 1 N–H and O–H groups in total. The minimum Gasteiger partial charge on any atom is -0.490 e. The van der Waals surface area contributed by atoms with E-state index in [0.717, 1.165) is 34.7 Å². The van der Waals surface area contributed by atoms with Gasteiger partial charge in [0.2, 0.25) is 5.91 Å². The first-order valence-electron chi connectivity index (χ1n) is 8.06. The Bertz CT molecular complexity index is 745. The van der Waals surface area contributed by atoms with E-state index in [1.54, 1.807) is 6.07 Å². The molecule has 1 heterocycles. The zero-order valence-corrected chi connectivity index (χ0v) is 14.4. The summed E-state index contributed by atoms with van der Waals surface area (Å²) in [4.78, 5) is 12.2. The average molecular weight is 346 g/mol. The Labute approximate surface area is 146 Å². The van der Waals surface area contributed by atoms with Gasteiger partial charge in [0.05, 0.1) is 13.2 Å². The van der Waals surface area contributed by atoms with Crippen LogP contribution >= 0.6 is 11.6 Å². The van der Waals surface area contributed by atoms with Crippen molar-refractivity contribution in [3.8, 4) is 11.5 Å². The molecule has 0 aromatic heterocycles. The minimum absolute atomic E-state index is 0.0208. The van der Waals surface area contributed by atoms with Crippen molar-refractivity contribution in [2.75, 3.05) is 18.5 Å². The van der Waals surface area contributed by atoms with Crippen LogP contribution in [0.25, 0.3) is 0 Å². The number of halogens is 1. The highest BCUT2D eigenvalue weighted by molar-refractivity contribution is 6.30. The number of hydrogen-bond donors (Lipinski definition) is 1. The van der Waals surface area contributed by atoms with Gasteiger partial charge in [-0.25, -0.2) is 0 Å². The maximum atomic E-state index is 12.2. The largest absolute Gasteiger partial charge is 0.490 e. The lowest BCUT2D eigenvalue weighted by molar-refractivity contribution is -0.116. The number of hydrogen-bond acceptors (Lipinski definition) is 3. The lowest BCUT2D eigenvalue weighted by Crippen LogP contribution is -2.13. The molecular formula is C19H20ClNO3.